The predicted octanol–water partition coefficient (Wildman–Crippen LogP) is 2.32. The maximum absolute atomic E-state index is 13.7. The van der Waals surface area contributed by atoms with Crippen LogP contribution >= 0.6 is 0 Å². The summed E-state index contributed by atoms with van der Waals surface area (Å²) in [6, 6.07) is 7.33. The van der Waals surface area contributed by atoms with Crippen LogP contribution in [0, 0.1) is 24.6 Å². The average molecular weight is 273 g/mol. The maximum atomic E-state index is 13.7. The Morgan fingerprint density at radius 1 is 1.40 bits per heavy atom. The highest BCUT2D eigenvalue weighted by atomic mass is 19.1. The molecular formula is C15H12FNO3. The molecule has 4 nitrogen and oxygen atoms in total. The van der Waals surface area contributed by atoms with Crippen molar-refractivity contribution in [2.45, 2.75) is 6.92 Å². The predicted molar refractivity (Wildman–Crippen MR) is 71.8 cm³/mol. The van der Waals surface area contributed by atoms with Crippen LogP contribution in [0.25, 0.3) is 0 Å². The Balaban J connectivity index is 2.14. The standard InChI is InChI=1S/C15H12FNO3/c1-10-4-7-14(20-10)15(19)17-12-6-5-11(3-2-8-18)13(16)9-12/h4-7,9,18H,8H2,1H3,(H,17,19). The van der Waals surface area contributed by atoms with E-state index in [1.165, 1.54) is 12.1 Å². The van der Waals surface area contributed by atoms with Crippen molar-refractivity contribution >= 4 is 11.6 Å². The third-order valence-electron chi connectivity index (χ3n) is 2.49. The number of hydrogen-bond donors (Lipinski definition) is 2. The van der Waals surface area contributed by atoms with Crippen molar-refractivity contribution in [2.24, 2.45) is 0 Å². The van der Waals surface area contributed by atoms with Crippen LogP contribution in [-0.2, 0) is 0 Å². The number of rotatable bonds is 2. The first-order valence-electron chi connectivity index (χ1n) is 5.87. The number of hydrogen-bond acceptors (Lipinski definition) is 3. The number of halogens is 1. The van der Waals surface area contributed by atoms with E-state index in [1.807, 2.05) is 0 Å². The second-order valence-electron chi connectivity index (χ2n) is 4.02. The van der Waals surface area contributed by atoms with Crippen molar-refractivity contribution in [1.29, 1.82) is 0 Å². The van der Waals surface area contributed by atoms with E-state index >= 15 is 0 Å². The van der Waals surface area contributed by atoms with Gasteiger partial charge in [-0.05, 0) is 37.3 Å². The molecule has 0 spiro atoms. The minimum absolute atomic E-state index is 0.158. The van der Waals surface area contributed by atoms with Gasteiger partial charge in [-0.25, -0.2) is 4.39 Å². The summed E-state index contributed by atoms with van der Waals surface area (Å²) in [4.78, 5) is 11.8. The Hall–Kier alpha value is -2.58. The van der Waals surface area contributed by atoms with Gasteiger partial charge in [-0.1, -0.05) is 11.8 Å². The topological polar surface area (TPSA) is 62.5 Å². The number of anilines is 1. The molecule has 2 N–H and O–H groups in total. The molecule has 102 valence electrons. The molecule has 1 aromatic carbocycles. The summed E-state index contributed by atoms with van der Waals surface area (Å²) in [6.45, 7) is 1.39. The molecule has 5 heteroatoms. The van der Waals surface area contributed by atoms with Crippen molar-refractivity contribution in [2.75, 3.05) is 11.9 Å². The van der Waals surface area contributed by atoms with Gasteiger partial charge in [0.15, 0.2) is 5.76 Å². The quantitative estimate of drug-likeness (QED) is 0.825. The molecule has 0 radical (unpaired) electrons. The van der Waals surface area contributed by atoms with Gasteiger partial charge in [0.2, 0.25) is 0 Å². The molecule has 1 aromatic heterocycles. The number of aliphatic hydroxyl groups is 1. The Morgan fingerprint density at radius 2 is 2.20 bits per heavy atom. The normalized spacial score (nSPS) is 9.75. The summed E-state index contributed by atoms with van der Waals surface area (Å²) in [5.41, 5.74) is 0.460. The Morgan fingerprint density at radius 3 is 2.80 bits per heavy atom. The van der Waals surface area contributed by atoms with Crippen molar-refractivity contribution in [1.82, 2.24) is 0 Å². The first kappa shape index (κ1) is 13.8. The van der Waals surface area contributed by atoms with E-state index < -0.39 is 11.7 Å². The van der Waals surface area contributed by atoms with Gasteiger partial charge in [-0.15, -0.1) is 0 Å². The third kappa shape index (κ3) is 3.25. The van der Waals surface area contributed by atoms with Gasteiger partial charge in [0.25, 0.3) is 5.91 Å². The van der Waals surface area contributed by atoms with E-state index in [1.54, 1.807) is 19.1 Å². The third-order valence-corrected chi connectivity index (χ3v) is 2.49. The van der Waals surface area contributed by atoms with Crippen LogP contribution in [0.1, 0.15) is 21.9 Å². The first-order valence-corrected chi connectivity index (χ1v) is 5.87. The number of aliphatic hydroxyl groups excluding tert-OH is 1. The lowest BCUT2D eigenvalue weighted by atomic mass is 10.2. The Labute approximate surface area is 115 Å². The van der Waals surface area contributed by atoms with Gasteiger partial charge in [-0.2, -0.15) is 0 Å². The highest BCUT2D eigenvalue weighted by molar-refractivity contribution is 6.02. The molecule has 0 bridgehead atoms. The fourth-order valence-electron chi connectivity index (χ4n) is 1.58. The summed E-state index contributed by atoms with van der Waals surface area (Å²) in [6.07, 6.45) is 0. The van der Waals surface area contributed by atoms with Gasteiger partial charge in [0.05, 0.1) is 5.56 Å². The van der Waals surface area contributed by atoms with Crippen LogP contribution in [-0.4, -0.2) is 17.6 Å². The second kappa shape index (κ2) is 6.04. The van der Waals surface area contributed by atoms with E-state index in [-0.39, 0.29) is 17.9 Å². The number of amides is 1. The lowest BCUT2D eigenvalue weighted by Gasteiger charge is -2.04. The van der Waals surface area contributed by atoms with E-state index in [9.17, 15) is 9.18 Å². The van der Waals surface area contributed by atoms with E-state index in [2.05, 4.69) is 17.2 Å². The average Bonchev–Trinajstić information content (AvgIpc) is 2.85. The minimum Gasteiger partial charge on any atom is -0.456 e. The zero-order chi connectivity index (χ0) is 14.5. The number of carbonyl (C=O) groups excluding carboxylic acids is 1. The number of nitrogens with one attached hydrogen (secondary N) is 1. The van der Waals surface area contributed by atoms with Gasteiger partial charge in [0, 0.05) is 5.69 Å². The lowest BCUT2D eigenvalue weighted by Crippen LogP contribution is -2.11. The molecule has 0 atom stereocenters. The molecule has 0 aliphatic heterocycles. The molecule has 0 aliphatic rings. The van der Waals surface area contributed by atoms with E-state index in [0.29, 0.717) is 11.4 Å². The molecular weight excluding hydrogens is 261 g/mol. The smallest absolute Gasteiger partial charge is 0.291 e. The number of carbonyl (C=O) groups is 1. The summed E-state index contributed by atoms with van der Waals surface area (Å²) >= 11 is 0. The first-order chi connectivity index (χ1) is 9.60. The van der Waals surface area contributed by atoms with Crippen LogP contribution in [0.4, 0.5) is 10.1 Å². The lowest BCUT2D eigenvalue weighted by molar-refractivity contribution is 0.0995. The molecule has 0 saturated heterocycles. The number of benzene rings is 1. The molecule has 1 amide bonds. The van der Waals surface area contributed by atoms with Crippen molar-refractivity contribution < 1.29 is 18.7 Å². The fourth-order valence-corrected chi connectivity index (χ4v) is 1.58. The van der Waals surface area contributed by atoms with E-state index in [0.717, 1.165) is 6.07 Å². The van der Waals surface area contributed by atoms with Crippen molar-refractivity contribution in [3.8, 4) is 11.8 Å². The van der Waals surface area contributed by atoms with Crippen molar-refractivity contribution in [3.05, 3.63) is 53.2 Å². The van der Waals surface area contributed by atoms with Gasteiger partial charge < -0.3 is 14.8 Å². The van der Waals surface area contributed by atoms with Crippen LogP contribution in [0.3, 0.4) is 0 Å². The monoisotopic (exact) mass is 273 g/mol. The van der Waals surface area contributed by atoms with Crippen molar-refractivity contribution in [3.63, 3.8) is 0 Å². The molecule has 2 aromatic rings. The van der Waals surface area contributed by atoms with Crippen LogP contribution < -0.4 is 5.32 Å². The molecule has 1 heterocycles. The van der Waals surface area contributed by atoms with Gasteiger partial charge in [0.1, 0.15) is 18.2 Å². The largest absolute Gasteiger partial charge is 0.456 e. The molecule has 0 fully saturated rings. The Kier molecular flexibility index (Phi) is 4.18. The summed E-state index contributed by atoms with van der Waals surface area (Å²) in [5, 5.41) is 11.1. The Bertz CT molecular complexity index is 695. The van der Waals surface area contributed by atoms with Gasteiger partial charge >= 0.3 is 0 Å². The maximum Gasteiger partial charge on any atom is 0.291 e. The molecule has 20 heavy (non-hydrogen) atoms. The van der Waals surface area contributed by atoms with Crippen LogP contribution in [0.2, 0.25) is 0 Å². The zero-order valence-electron chi connectivity index (χ0n) is 10.7. The second-order valence-corrected chi connectivity index (χ2v) is 4.02. The molecule has 0 saturated carbocycles. The zero-order valence-corrected chi connectivity index (χ0v) is 10.7. The highest BCUT2D eigenvalue weighted by Crippen LogP contribution is 2.15. The summed E-state index contributed by atoms with van der Waals surface area (Å²) in [5.74, 6) is 4.59. The number of furan rings is 1. The fraction of sp³-hybridized carbons (Fsp3) is 0.133. The summed E-state index contributed by atoms with van der Waals surface area (Å²) < 4.78 is 18.8. The molecule has 0 unspecified atom stereocenters. The van der Waals surface area contributed by atoms with Gasteiger partial charge in [-0.3, -0.25) is 4.79 Å². The van der Waals surface area contributed by atoms with Crippen LogP contribution in [0.15, 0.2) is 34.7 Å². The SMILES string of the molecule is Cc1ccc(C(=O)Nc2ccc(C#CCO)c(F)c2)o1. The highest BCUT2D eigenvalue weighted by Gasteiger charge is 2.11. The summed E-state index contributed by atoms with van der Waals surface area (Å²) in [7, 11) is 0. The van der Waals surface area contributed by atoms with E-state index in [4.69, 9.17) is 9.52 Å². The molecule has 0 aliphatic carbocycles. The minimum atomic E-state index is -0.570. The molecule has 2 rings (SSSR count). The number of aryl methyl sites for hydroxylation is 1. The van der Waals surface area contributed by atoms with Crippen LogP contribution in [0.5, 0.6) is 0 Å².